The number of hydrogen-bond acceptors (Lipinski definition) is 0. The molecule has 0 aliphatic carbocycles. The molecule has 0 radical (unpaired) electrons. The fraction of sp³-hybridized carbons (Fsp3) is 0.100. The summed E-state index contributed by atoms with van der Waals surface area (Å²) in [6, 6.07) is 22.7. The highest BCUT2D eigenvalue weighted by Crippen LogP contribution is 2.39. The molecule has 0 nitrogen and oxygen atoms in total. The van der Waals surface area contributed by atoms with Gasteiger partial charge in [-0.2, -0.15) is 0 Å². The lowest BCUT2D eigenvalue weighted by atomic mass is 9.71. The van der Waals surface area contributed by atoms with Gasteiger partial charge in [0.2, 0.25) is 0 Å². The van der Waals surface area contributed by atoms with Gasteiger partial charge < -0.3 is 0 Å². The van der Waals surface area contributed by atoms with Crippen LogP contribution in [0.2, 0.25) is 0 Å². The van der Waals surface area contributed by atoms with Crippen molar-refractivity contribution in [3.63, 3.8) is 0 Å². The SMILES string of the molecule is CC(c1ccccc1)(c1ccc(F)cc1)c1ccccc1F. The van der Waals surface area contributed by atoms with E-state index in [1.165, 1.54) is 18.2 Å². The molecule has 0 saturated carbocycles. The third-order valence-electron chi connectivity index (χ3n) is 4.19. The van der Waals surface area contributed by atoms with Gasteiger partial charge in [0.1, 0.15) is 11.6 Å². The Hall–Kier alpha value is -2.48. The van der Waals surface area contributed by atoms with Crippen molar-refractivity contribution >= 4 is 0 Å². The topological polar surface area (TPSA) is 0 Å². The zero-order valence-corrected chi connectivity index (χ0v) is 12.3. The second kappa shape index (κ2) is 5.72. The van der Waals surface area contributed by atoms with E-state index in [1.54, 1.807) is 24.3 Å². The molecule has 22 heavy (non-hydrogen) atoms. The smallest absolute Gasteiger partial charge is 0.127 e. The normalized spacial score (nSPS) is 13.6. The van der Waals surface area contributed by atoms with Crippen LogP contribution in [0.25, 0.3) is 0 Å². The van der Waals surface area contributed by atoms with E-state index in [4.69, 9.17) is 0 Å². The van der Waals surface area contributed by atoms with Crippen molar-refractivity contribution in [1.29, 1.82) is 0 Å². The van der Waals surface area contributed by atoms with Crippen molar-refractivity contribution in [2.75, 3.05) is 0 Å². The molecule has 1 unspecified atom stereocenters. The molecule has 0 saturated heterocycles. The van der Waals surface area contributed by atoms with Crippen molar-refractivity contribution in [2.45, 2.75) is 12.3 Å². The number of hydrogen-bond donors (Lipinski definition) is 0. The minimum Gasteiger partial charge on any atom is -0.207 e. The summed E-state index contributed by atoms with van der Waals surface area (Å²) in [4.78, 5) is 0. The first kappa shape index (κ1) is 14.5. The van der Waals surface area contributed by atoms with Gasteiger partial charge in [-0.3, -0.25) is 0 Å². The third kappa shape index (κ3) is 2.41. The second-order valence-corrected chi connectivity index (χ2v) is 5.48. The Morgan fingerprint density at radius 3 is 1.82 bits per heavy atom. The molecule has 0 aliphatic heterocycles. The van der Waals surface area contributed by atoms with Gasteiger partial charge in [-0.1, -0.05) is 60.7 Å². The zero-order chi connectivity index (χ0) is 15.6. The van der Waals surface area contributed by atoms with Gasteiger partial charge in [-0.25, -0.2) is 8.78 Å². The summed E-state index contributed by atoms with van der Waals surface area (Å²) in [7, 11) is 0. The monoisotopic (exact) mass is 294 g/mol. The third-order valence-corrected chi connectivity index (χ3v) is 4.19. The molecule has 0 amide bonds. The van der Waals surface area contributed by atoms with Crippen molar-refractivity contribution in [2.24, 2.45) is 0 Å². The molecule has 0 aromatic heterocycles. The summed E-state index contributed by atoms with van der Waals surface area (Å²) >= 11 is 0. The van der Waals surface area contributed by atoms with E-state index in [1.807, 2.05) is 43.3 Å². The summed E-state index contributed by atoms with van der Waals surface area (Å²) in [5.74, 6) is -0.564. The van der Waals surface area contributed by atoms with E-state index in [9.17, 15) is 8.78 Å². The van der Waals surface area contributed by atoms with Crippen LogP contribution in [0.3, 0.4) is 0 Å². The molecule has 3 aromatic carbocycles. The molecule has 110 valence electrons. The van der Waals surface area contributed by atoms with Crippen LogP contribution in [0.15, 0.2) is 78.9 Å². The summed E-state index contributed by atoms with van der Waals surface area (Å²) in [6.07, 6.45) is 0. The van der Waals surface area contributed by atoms with E-state index in [2.05, 4.69) is 0 Å². The van der Waals surface area contributed by atoms with Gasteiger partial charge in [0.05, 0.1) is 0 Å². The fourth-order valence-electron chi connectivity index (χ4n) is 2.90. The summed E-state index contributed by atoms with van der Waals surface area (Å²) in [5.41, 5.74) is 1.71. The Morgan fingerprint density at radius 1 is 0.636 bits per heavy atom. The summed E-state index contributed by atoms with van der Waals surface area (Å²) in [5, 5.41) is 0. The second-order valence-electron chi connectivity index (χ2n) is 5.48. The number of benzene rings is 3. The highest BCUT2D eigenvalue weighted by atomic mass is 19.1. The molecule has 3 rings (SSSR count). The first-order valence-corrected chi connectivity index (χ1v) is 7.19. The molecule has 0 fully saturated rings. The molecule has 1 atom stereocenters. The lowest BCUT2D eigenvalue weighted by Crippen LogP contribution is -2.26. The van der Waals surface area contributed by atoms with Gasteiger partial charge in [0.25, 0.3) is 0 Å². The van der Waals surface area contributed by atoms with Gasteiger partial charge in [-0.15, -0.1) is 0 Å². The average molecular weight is 294 g/mol. The van der Waals surface area contributed by atoms with Crippen LogP contribution in [0.5, 0.6) is 0 Å². The molecule has 3 aromatic rings. The Morgan fingerprint density at radius 2 is 1.18 bits per heavy atom. The Kier molecular flexibility index (Phi) is 3.76. The molecule has 0 aliphatic rings. The first-order chi connectivity index (χ1) is 10.6. The van der Waals surface area contributed by atoms with Gasteiger partial charge in [0.15, 0.2) is 0 Å². The highest BCUT2D eigenvalue weighted by Gasteiger charge is 2.33. The maximum Gasteiger partial charge on any atom is 0.127 e. The van der Waals surface area contributed by atoms with Crippen LogP contribution in [-0.2, 0) is 5.41 Å². The largest absolute Gasteiger partial charge is 0.207 e. The van der Waals surface area contributed by atoms with Gasteiger partial charge >= 0.3 is 0 Å². The van der Waals surface area contributed by atoms with E-state index in [0.29, 0.717) is 5.56 Å². The molecular weight excluding hydrogens is 278 g/mol. The standard InChI is InChI=1S/C20H16F2/c1-20(15-7-3-2-4-8-15,16-11-13-17(21)14-12-16)18-9-5-6-10-19(18)22/h2-14H,1H3. The average Bonchev–Trinajstić information content (AvgIpc) is 2.56. The predicted molar refractivity (Wildman–Crippen MR) is 84.8 cm³/mol. The minimum atomic E-state index is -0.680. The van der Waals surface area contributed by atoms with Crippen LogP contribution in [0, 0.1) is 11.6 Å². The lowest BCUT2D eigenvalue weighted by Gasteiger charge is -2.32. The highest BCUT2D eigenvalue weighted by molar-refractivity contribution is 5.49. The number of rotatable bonds is 3. The van der Waals surface area contributed by atoms with E-state index < -0.39 is 5.41 Å². The Bertz CT molecular complexity index is 763. The van der Waals surface area contributed by atoms with Crippen molar-refractivity contribution in [3.8, 4) is 0 Å². The molecule has 0 spiro atoms. The van der Waals surface area contributed by atoms with E-state index in [0.717, 1.165) is 11.1 Å². The van der Waals surface area contributed by atoms with Crippen molar-refractivity contribution < 1.29 is 8.78 Å². The van der Waals surface area contributed by atoms with Gasteiger partial charge in [0, 0.05) is 11.0 Å². The maximum atomic E-state index is 14.5. The van der Waals surface area contributed by atoms with Crippen LogP contribution >= 0.6 is 0 Å². The molecule has 2 heteroatoms. The summed E-state index contributed by atoms with van der Waals surface area (Å²) < 4.78 is 27.7. The van der Waals surface area contributed by atoms with Crippen LogP contribution in [0.4, 0.5) is 8.78 Å². The molecule has 0 N–H and O–H groups in total. The summed E-state index contributed by atoms with van der Waals surface area (Å²) in [6.45, 7) is 1.97. The molecule has 0 bridgehead atoms. The predicted octanol–water partition coefficient (Wildman–Crippen LogP) is 5.32. The molecule has 0 heterocycles. The maximum absolute atomic E-state index is 14.5. The lowest BCUT2D eigenvalue weighted by molar-refractivity contribution is 0.565. The van der Waals surface area contributed by atoms with E-state index >= 15 is 0 Å². The Balaban J connectivity index is 2.27. The van der Waals surface area contributed by atoms with Crippen LogP contribution in [0.1, 0.15) is 23.6 Å². The van der Waals surface area contributed by atoms with Crippen molar-refractivity contribution in [1.82, 2.24) is 0 Å². The van der Waals surface area contributed by atoms with Crippen LogP contribution in [-0.4, -0.2) is 0 Å². The van der Waals surface area contributed by atoms with E-state index in [-0.39, 0.29) is 11.6 Å². The zero-order valence-electron chi connectivity index (χ0n) is 12.3. The Labute approximate surface area is 129 Å². The minimum absolute atomic E-state index is 0.266. The van der Waals surface area contributed by atoms with Crippen molar-refractivity contribution in [3.05, 3.63) is 107 Å². The van der Waals surface area contributed by atoms with Crippen LogP contribution < -0.4 is 0 Å². The van der Waals surface area contributed by atoms with Gasteiger partial charge in [-0.05, 0) is 36.2 Å². The number of halogens is 2. The first-order valence-electron chi connectivity index (χ1n) is 7.19. The quantitative estimate of drug-likeness (QED) is 0.574. The fourth-order valence-corrected chi connectivity index (χ4v) is 2.90. The molecular formula is C20H16F2.